The van der Waals surface area contributed by atoms with Gasteiger partial charge in [0.1, 0.15) is 0 Å². The first-order valence-corrected chi connectivity index (χ1v) is 9.06. The quantitative estimate of drug-likeness (QED) is 0.554. The highest BCUT2D eigenvalue weighted by Gasteiger charge is 2.35. The van der Waals surface area contributed by atoms with E-state index in [0.717, 1.165) is 18.5 Å². The average molecular weight is 362 g/mol. The Kier molecular flexibility index (Phi) is 5.50. The highest BCUT2D eigenvalue weighted by atomic mass is 16.2. The van der Waals surface area contributed by atoms with Crippen molar-refractivity contribution in [2.24, 2.45) is 0 Å². The number of anilines is 1. The van der Waals surface area contributed by atoms with Crippen molar-refractivity contribution in [2.75, 3.05) is 18.0 Å². The van der Waals surface area contributed by atoms with Crippen LogP contribution in [-0.2, 0) is 0 Å². The third-order valence-corrected chi connectivity index (χ3v) is 4.58. The maximum Gasteiger partial charge on any atom is 0.261 e. The van der Waals surface area contributed by atoms with Gasteiger partial charge in [0.15, 0.2) is 0 Å². The molecule has 0 saturated heterocycles. The summed E-state index contributed by atoms with van der Waals surface area (Å²) < 4.78 is 0. The number of imide groups is 1. The van der Waals surface area contributed by atoms with E-state index in [0.29, 0.717) is 29.8 Å². The average Bonchev–Trinajstić information content (AvgIpc) is 2.94. The molecule has 5 heteroatoms. The second kappa shape index (κ2) is 7.99. The molecule has 0 aliphatic carbocycles. The summed E-state index contributed by atoms with van der Waals surface area (Å²) in [6.07, 6.45) is 3.31. The maximum absolute atomic E-state index is 13.0. The van der Waals surface area contributed by atoms with Gasteiger partial charge in [-0.2, -0.15) is 0 Å². The number of nitrogens with zero attached hydrogens (tertiary/aromatic N) is 2. The van der Waals surface area contributed by atoms with Gasteiger partial charge in [-0.25, -0.2) is 0 Å². The zero-order chi connectivity index (χ0) is 19.4. The van der Waals surface area contributed by atoms with Crippen molar-refractivity contribution in [3.05, 3.63) is 77.9 Å². The van der Waals surface area contributed by atoms with Crippen LogP contribution in [-0.4, -0.2) is 35.7 Å². The number of rotatable bonds is 7. The first kappa shape index (κ1) is 18.6. The summed E-state index contributed by atoms with van der Waals surface area (Å²) in [5, 5.41) is 0. The van der Waals surface area contributed by atoms with Crippen LogP contribution in [0, 0.1) is 0 Å². The van der Waals surface area contributed by atoms with Gasteiger partial charge in [0.25, 0.3) is 17.7 Å². The smallest absolute Gasteiger partial charge is 0.261 e. The summed E-state index contributed by atoms with van der Waals surface area (Å²) in [7, 11) is 0. The van der Waals surface area contributed by atoms with Crippen molar-refractivity contribution >= 4 is 23.4 Å². The molecule has 1 aliphatic heterocycles. The molecule has 0 radical (unpaired) electrons. The van der Waals surface area contributed by atoms with Gasteiger partial charge in [0.2, 0.25) is 0 Å². The molecule has 5 nitrogen and oxygen atoms in total. The standard InChI is InChI=1S/C22H22N2O3/c1-3-5-14-24-21(26)18-12-11-16(15-19(18)22(24)27)20(25)23(13-4-2)17-9-7-6-8-10-17/h4,6-12,15H,2-3,5,13-14H2,1H3. The molecule has 0 fully saturated rings. The normalized spacial score (nSPS) is 12.9. The van der Waals surface area contributed by atoms with Crippen LogP contribution in [0.2, 0.25) is 0 Å². The largest absolute Gasteiger partial charge is 0.305 e. The van der Waals surface area contributed by atoms with E-state index in [4.69, 9.17) is 0 Å². The van der Waals surface area contributed by atoms with Crippen LogP contribution in [0.1, 0.15) is 50.8 Å². The Labute approximate surface area is 158 Å². The lowest BCUT2D eigenvalue weighted by Gasteiger charge is -2.21. The monoisotopic (exact) mass is 362 g/mol. The van der Waals surface area contributed by atoms with Gasteiger partial charge in [-0.1, -0.05) is 37.6 Å². The molecule has 27 heavy (non-hydrogen) atoms. The fourth-order valence-electron chi connectivity index (χ4n) is 3.14. The molecule has 1 heterocycles. The highest BCUT2D eigenvalue weighted by molar-refractivity contribution is 6.22. The second-order valence-electron chi connectivity index (χ2n) is 6.42. The molecule has 1 aliphatic rings. The maximum atomic E-state index is 13.0. The van der Waals surface area contributed by atoms with Crippen molar-refractivity contribution in [3.63, 3.8) is 0 Å². The number of carbonyl (C=O) groups is 3. The number of fused-ring (bicyclic) bond motifs is 1. The molecule has 0 bridgehead atoms. The molecule has 2 aromatic carbocycles. The van der Waals surface area contributed by atoms with Crippen molar-refractivity contribution in [3.8, 4) is 0 Å². The molecule has 0 aromatic heterocycles. The van der Waals surface area contributed by atoms with Gasteiger partial charge in [0.05, 0.1) is 11.1 Å². The summed E-state index contributed by atoms with van der Waals surface area (Å²) in [5.74, 6) is -0.849. The molecule has 0 atom stereocenters. The molecule has 3 amide bonds. The third-order valence-electron chi connectivity index (χ3n) is 4.58. The molecule has 0 N–H and O–H groups in total. The first-order chi connectivity index (χ1) is 13.1. The number of carbonyl (C=O) groups excluding carboxylic acids is 3. The predicted molar refractivity (Wildman–Crippen MR) is 105 cm³/mol. The number of hydrogen-bond acceptors (Lipinski definition) is 3. The number of benzene rings is 2. The Morgan fingerprint density at radius 2 is 1.78 bits per heavy atom. The lowest BCUT2D eigenvalue weighted by molar-refractivity contribution is 0.0652. The van der Waals surface area contributed by atoms with E-state index in [9.17, 15) is 14.4 Å². The summed E-state index contributed by atoms with van der Waals surface area (Å²) >= 11 is 0. The Morgan fingerprint density at radius 1 is 1.07 bits per heavy atom. The Hall–Kier alpha value is -3.21. The zero-order valence-electron chi connectivity index (χ0n) is 15.4. The molecular weight excluding hydrogens is 340 g/mol. The molecular formula is C22H22N2O3. The lowest BCUT2D eigenvalue weighted by atomic mass is 10.0. The fourth-order valence-corrected chi connectivity index (χ4v) is 3.14. The predicted octanol–water partition coefficient (Wildman–Crippen LogP) is 3.92. The SMILES string of the molecule is C=CCN(C(=O)c1ccc2c(c1)C(=O)N(CCCC)C2=O)c1ccccc1. The molecule has 3 rings (SSSR count). The summed E-state index contributed by atoms with van der Waals surface area (Å²) in [4.78, 5) is 41.0. The van der Waals surface area contributed by atoms with Crippen molar-refractivity contribution in [1.29, 1.82) is 0 Å². The van der Waals surface area contributed by atoms with Crippen LogP contribution in [0.25, 0.3) is 0 Å². The summed E-state index contributed by atoms with van der Waals surface area (Å²) in [6.45, 7) is 6.47. The number of amides is 3. The van der Waals surface area contributed by atoms with Crippen LogP contribution < -0.4 is 4.90 Å². The van der Waals surface area contributed by atoms with Crippen LogP contribution in [0.5, 0.6) is 0 Å². The van der Waals surface area contributed by atoms with E-state index in [2.05, 4.69) is 6.58 Å². The highest BCUT2D eigenvalue weighted by Crippen LogP contribution is 2.26. The molecule has 0 unspecified atom stereocenters. The summed E-state index contributed by atoms with van der Waals surface area (Å²) in [6, 6.07) is 14.0. The van der Waals surface area contributed by atoms with Gasteiger partial charge in [-0.05, 0) is 36.8 Å². The molecule has 138 valence electrons. The van der Waals surface area contributed by atoms with Gasteiger partial charge >= 0.3 is 0 Å². The van der Waals surface area contributed by atoms with Crippen LogP contribution in [0.3, 0.4) is 0 Å². The topological polar surface area (TPSA) is 57.7 Å². The van der Waals surface area contributed by atoms with Crippen LogP contribution in [0.15, 0.2) is 61.2 Å². The minimum Gasteiger partial charge on any atom is -0.305 e. The molecule has 0 saturated carbocycles. The van der Waals surface area contributed by atoms with Crippen molar-refractivity contribution in [2.45, 2.75) is 19.8 Å². The van der Waals surface area contributed by atoms with E-state index in [1.165, 1.54) is 11.0 Å². The molecule has 0 spiro atoms. The van der Waals surface area contributed by atoms with Gasteiger partial charge in [0, 0.05) is 24.3 Å². The first-order valence-electron chi connectivity index (χ1n) is 9.06. The Morgan fingerprint density at radius 3 is 2.44 bits per heavy atom. The second-order valence-corrected chi connectivity index (χ2v) is 6.42. The van der Waals surface area contributed by atoms with Crippen LogP contribution >= 0.6 is 0 Å². The lowest BCUT2D eigenvalue weighted by Crippen LogP contribution is -2.31. The fraction of sp³-hybridized carbons (Fsp3) is 0.227. The summed E-state index contributed by atoms with van der Waals surface area (Å²) in [5.41, 5.74) is 1.78. The van der Waals surface area contributed by atoms with Crippen molar-refractivity contribution < 1.29 is 14.4 Å². The van der Waals surface area contributed by atoms with E-state index in [1.807, 2.05) is 37.3 Å². The minimum atomic E-state index is -0.326. The number of para-hydroxylation sites is 1. The van der Waals surface area contributed by atoms with Gasteiger partial charge < -0.3 is 4.90 Å². The third kappa shape index (κ3) is 3.53. The Balaban J connectivity index is 1.92. The van der Waals surface area contributed by atoms with Gasteiger partial charge in [-0.3, -0.25) is 19.3 Å². The van der Waals surface area contributed by atoms with E-state index in [-0.39, 0.29) is 17.7 Å². The van der Waals surface area contributed by atoms with Gasteiger partial charge in [-0.15, -0.1) is 6.58 Å². The van der Waals surface area contributed by atoms with Crippen molar-refractivity contribution in [1.82, 2.24) is 4.90 Å². The van der Waals surface area contributed by atoms with E-state index < -0.39 is 0 Å². The Bertz CT molecular complexity index is 890. The van der Waals surface area contributed by atoms with Crippen LogP contribution in [0.4, 0.5) is 5.69 Å². The number of hydrogen-bond donors (Lipinski definition) is 0. The van der Waals surface area contributed by atoms with E-state index >= 15 is 0 Å². The molecule has 2 aromatic rings. The van der Waals surface area contributed by atoms with E-state index in [1.54, 1.807) is 23.1 Å². The minimum absolute atomic E-state index is 0.240. The zero-order valence-corrected chi connectivity index (χ0v) is 15.4. The number of unbranched alkanes of at least 4 members (excludes halogenated alkanes) is 1.